The molecule has 0 aliphatic carbocycles. The predicted molar refractivity (Wildman–Crippen MR) is 221 cm³/mol. The van der Waals surface area contributed by atoms with Gasteiger partial charge < -0.3 is 39.9 Å². The number of likely N-dealkylation sites (N-methyl/N-ethyl adjacent to an activating group) is 2. The van der Waals surface area contributed by atoms with Gasteiger partial charge in [0.05, 0.1) is 48.4 Å². The Morgan fingerprint density at radius 2 is 1.00 bits per heavy atom. The average molecular weight is 785 g/mol. The number of allylic oxidation sites excluding steroid dienone is 2. The Hall–Kier alpha value is -6.96. The van der Waals surface area contributed by atoms with Gasteiger partial charge in [-0.3, -0.25) is 9.59 Å². The van der Waals surface area contributed by atoms with E-state index in [1.807, 2.05) is 74.5 Å². The Morgan fingerprint density at radius 3 is 1.36 bits per heavy atom. The van der Waals surface area contributed by atoms with Crippen LogP contribution in [-0.4, -0.2) is 82.1 Å². The van der Waals surface area contributed by atoms with Crippen molar-refractivity contribution in [3.8, 4) is 0 Å². The normalized spacial score (nSPS) is 13.4. The van der Waals surface area contributed by atoms with Gasteiger partial charge in [0.15, 0.2) is 0 Å². The Morgan fingerprint density at radius 1 is 0.621 bits per heavy atom. The second-order valence-electron chi connectivity index (χ2n) is 14.0. The number of carbonyl (C=O) groups is 4. The molecular weight excluding hydrogens is 737 g/mol. The molecule has 0 aliphatic heterocycles. The van der Waals surface area contributed by atoms with Crippen molar-refractivity contribution in [2.45, 2.75) is 50.9 Å². The summed E-state index contributed by atoms with van der Waals surface area (Å²) < 4.78 is 9.56. The van der Waals surface area contributed by atoms with Crippen LogP contribution in [0.3, 0.4) is 0 Å². The largest absolute Gasteiger partial charge is 0.453 e. The summed E-state index contributed by atoms with van der Waals surface area (Å²) in [5.74, 6) is 0.640. The van der Waals surface area contributed by atoms with Crippen LogP contribution in [0.2, 0.25) is 0 Å². The SMILES string of the molecule is COC(=O)N[C@@H](C(=O)N(C)[C@H](C)c1nc2ccc(C/C=C/Cc3ccc4nc([C@@H](C)N(C)C(=O)[C@H](NC(=O)OC)c5ccccc5)[nH]c4c3)cc2[nH]1)c1ccccc1. The van der Waals surface area contributed by atoms with E-state index in [4.69, 9.17) is 19.4 Å². The van der Waals surface area contributed by atoms with Crippen LogP contribution in [0.15, 0.2) is 109 Å². The Labute approximate surface area is 336 Å². The van der Waals surface area contributed by atoms with E-state index in [1.54, 1.807) is 48.2 Å². The van der Waals surface area contributed by atoms with Gasteiger partial charge in [-0.05, 0) is 73.2 Å². The lowest BCUT2D eigenvalue weighted by atomic mass is 10.1. The van der Waals surface area contributed by atoms with Crippen LogP contribution in [0.1, 0.15) is 71.9 Å². The Balaban J connectivity index is 1.07. The van der Waals surface area contributed by atoms with E-state index in [0.717, 1.165) is 33.2 Å². The van der Waals surface area contributed by atoms with Crippen LogP contribution in [0, 0.1) is 0 Å². The summed E-state index contributed by atoms with van der Waals surface area (Å²) in [7, 11) is 5.90. The van der Waals surface area contributed by atoms with Crippen molar-refractivity contribution in [2.24, 2.45) is 0 Å². The lowest BCUT2D eigenvalue weighted by Gasteiger charge is -2.28. The number of amides is 4. The topological polar surface area (TPSA) is 175 Å². The molecule has 4 N–H and O–H groups in total. The fourth-order valence-electron chi connectivity index (χ4n) is 6.62. The van der Waals surface area contributed by atoms with Gasteiger partial charge in [0.25, 0.3) is 0 Å². The van der Waals surface area contributed by atoms with Crippen LogP contribution >= 0.6 is 0 Å². The molecule has 2 heterocycles. The van der Waals surface area contributed by atoms with Crippen LogP contribution < -0.4 is 10.6 Å². The van der Waals surface area contributed by atoms with Crippen molar-refractivity contribution in [2.75, 3.05) is 28.3 Å². The summed E-state index contributed by atoms with van der Waals surface area (Å²) in [6, 6.07) is 27.5. The summed E-state index contributed by atoms with van der Waals surface area (Å²) in [4.78, 5) is 70.9. The molecule has 0 saturated heterocycles. The average Bonchev–Trinajstić information content (AvgIpc) is 3.89. The number of methoxy groups -OCH3 is 2. The highest BCUT2D eigenvalue weighted by Crippen LogP contribution is 2.27. The van der Waals surface area contributed by atoms with Crippen LogP contribution in [0.25, 0.3) is 22.1 Å². The van der Waals surface area contributed by atoms with Crippen molar-refractivity contribution in [3.05, 3.63) is 143 Å². The van der Waals surface area contributed by atoms with Gasteiger partial charge in [-0.25, -0.2) is 19.6 Å². The molecule has 0 fully saturated rings. The fourth-order valence-corrected chi connectivity index (χ4v) is 6.62. The molecule has 2 aromatic heterocycles. The molecule has 0 aliphatic rings. The number of hydrogen-bond donors (Lipinski definition) is 4. The van der Waals surface area contributed by atoms with E-state index < -0.39 is 36.4 Å². The van der Waals surface area contributed by atoms with E-state index in [9.17, 15) is 19.2 Å². The number of aromatic nitrogens is 4. The second kappa shape index (κ2) is 18.3. The molecular formula is C44H48N8O6. The third kappa shape index (κ3) is 9.35. The number of hydrogen-bond acceptors (Lipinski definition) is 8. The zero-order valence-electron chi connectivity index (χ0n) is 33.4. The summed E-state index contributed by atoms with van der Waals surface area (Å²) in [6.07, 6.45) is 4.28. The molecule has 4 aromatic carbocycles. The second-order valence-corrected chi connectivity index (χ2v) is 14.0. The number of ether oxygens (including phenoxy) is 2. The van der Waals surface area contributed by atoms with Gasteiger partial charge in [-0.2, -0.15) is 0 Å². The van der Waals surface area contributed by atoms with E-state index in [2.05, 4.69) is 44.9 Å². The molecule has 6 aromatic rings. The number of carbonyl (C=O) groups excluding carboxylic acids is 4. The van der Waals surface area contributed by atoms with Gasteiger partial charge in [0.1, 0.15) is 23.7 Å². The summed E-state index contributed by atoms with van der Waals surface area (Å²) in [5.41, 5.74) is 6.77. The van der Waals surface area contributed by atoms with Crippen LogP contribution in [-0.2, 0) is 31.9 Å². The maximum Gasteiger partial charge on any atom is 0.407 e. The highest BCUT2D eigenvalue weighted by atomic mass is 16.5. The lowest BCUT2D eigenvalue weighted by molar-refractivity contribution is -0.135. The van der Waals surface area contributed by atoms with Gasteiger partial charge >= 0.3 is 12.2 Å². The summed E-state index contributed by atoms with van der Waals surface area (Å²) in [5, 5.41) is 5.31. The molecule has 0 radical (unpaired) electrons. The molecule has 0 spiro atoms. The smallest absolute Gasteiger partial charge is 0.407 e. The molecule has 14 nitrogen and oxygen atoms in total. The highest BCUT2D eigenvalue weighted by molar-refractivity contribution is 5.88. The van der Waals surface area contributed by atoms with Crippen molar-refractivity contribution in [1.29, 1.82) is 0 Å². The monoisotopic (exact) mass is 784 g/mol. The molecule has 0 saturated carbocycles. The third-order valence-electron chi connectivity index (χ3n) is 10.3. The number of alkyl carbamates (subject to hydrolysis) is 2. The molecule has 0 bridgehead atoms. The van der Waals surface area contributed by atoms with Crippen molar-refractivity contribution >= 4 is 46.1 Å². The minimum absolute atomic E-state index is 0.305. The maximum absolute atomic E-state index is 13.6. The molecule has 300 valence electrons. The minimum atomic E-state index is -0.923. The molecule has 0 unspecified atom stereocenters. The predicted octanol–water partition coefficient (Wildman–Crippen LogP) is 7.01. The fraction of sp³-hybridized carbons (Fsp3) is 0.273. The molecule has 4 amide bonds. The highest BCUT2D eigenvalue weighted by Gasteiger charge is 2.31. The molecule has 58 heavy (non-hydrogen) atoms. The minimum Gasteiger partial charge on any atom is -0.453 e. The standard InChI is InChI=1S/C44H48N8O6/c1-27(51(3)41(53)37(49-43(55)57-5)31-17-9-7-10-18-31)39-45-33-23-21-29(25-35(33)47-39)15-13-14-16-30-22-24-34-36(26-30)48-40(46-34)28(2)52(4)42(54)38(50-44(56)58-6)32-19-11-8-12-20-32/h7-14,17-28,37-38H,15-16H2,1-6H3,(H,45,47)(H,46,48)(H,49,55)(H,50,56)/b14-13+/t27-,28-,37-,38-/m1/s1. The lowest BCUT2D eigenvalue weighted by Crippen LogP contribution is -2.42. The Kier molecular flexibility index (Phi) is 12.9. The molecule has 4 atom stereocenters. The number of imidazole rings is 2. The van der Waals surface area contributed by atoms with Crippen molar-refractivity contribution < 1.29 is 28.7 Å². The number of H-pyrrole nitrogens is 2. The summed E-state index contributed by atoms with van der Waals surface area (Å²) >= 11 is 0. The Bertz CT molecular complexity index is 2240. The zero-order valence-corrected chi connectivity index (χ0v) is 33.4. The first kappa shape index (κ1) is 40.7. The van der Waals surface area contributed by atoms with Gasteiger partial charge in [0, 0.05) is 14.1 Å². The first-order valence-electron chi connectivity index (χ1n) is 18.9. The van der Waals surface area contributed by atoms with Crippen LogP contribution in [0.5, 0.6) is 0 Å². The number of benzene rings is 4. The van der Waals surface area contributed by atoms with E-state index >= 15 is 0 Å². The van der Waals surface area contributed by atoms with Gasteiger partial charge in [-0.15, -0.1) is 0 Å². The van der Waals surface area contributed by atoms with Crippen molar-refractivity contribution in [1.82, 2.24) is 40.4 Å². The first-order chi connectivity index (χ1) is 28.0. The van der Waals surface area contributed by atoms with Crippen LogP contribution in [0.4, 0.5) is 9.59 Å². The van der Waals surface area contributed by atoms with Crippen molar-refractivity contribution in [3.63, 3.8) is 0 Å². The van der Waals surface area contributed by atoms with Gasteiger partial charge in [0.2, 0.25) is 11.8 Å². The number of nitrogens with one attached hydrogen (secondary N) is 4. The first-order valence-corrected chi connectivity index (χ1v) is 18.9. The van der Waals surface area contributed by atoms with Gasteiger partial charge in [-0.1, -0.05) is 84.9 Å². The number of aromatic amines is 2. The number of fused-ring (bicyclic) bond motifs is 2. The quantitative estimate of drug-likeness (QED) is 0.0854. The van der Waals surface area contributed by atoms with E-state index in [0.29, 0.717) is 35.6 Å². The number of rotatable bonds is 14. The van der Waals surface area contributed by atoms with E-state index in [1.165, 1.54) is 14.2 Å². The number of nitrogens with zero attached hydrogens (tertiary/aromatic N) is 4. The third-order valence-corrected chi connectivity index (χ3v) is 10.3. The maximum atomic E-state index is 13.6. The molecule has 6 rings (SSSR count). The summed E-state index contributed by atoms with van der Waals surface area (Å²) in [6.45, 7) is 3.77. The zero-order chi connectivity index (χ0) is 41.3. The van der Waals surface area contributed by atoms with E-state index in [-0.39, 0.29) is 11.8 Å². The molecule has 14 heteroatoms.